The van der Waals surface area contributed by atoms with Crippen LogP contribution < -0.4 is 4.84 Å². The van der Waals surface area contributed by atoms with Crippen LogP contribution in [-0.2, 0) is 16.6 Å². The summed E-state index contributed by atoms with van der Waals surface area (Å²) in [5.74, 6) is 0.372. The maximum absolute atomic E-state index is 13.1. The fourth-order valence-electron chi connectivity index (χ4n) is 3.55. The number of sulfonamides is 1. The van der Waals surface area contributed by atoms with Gasteiger partial charge >= 0.3 is 0 Å². The van der Waals surface area contributed by atoms with Crippen molar-refractivity contribution < 1.29 is 13.3 Å². The molecule has 1 aromatic heterocycles. The minimum atomic E-state index is -3.55. The van der Waals surface area contributed by atoms with Crippen molar-refractivity contribution in [1.82, 2.24) is 19.5 Å². The van der Waals surface area contributed by atoms with Gasteiger partial charge in [-0.3, -0.25) is 0 Å². The van der Waals surface area contributed by atoms with Crippen LogP contribution in [0.5, 0.6) is 0 Å². The Morgan fingerprint density at radius 3 is 2.82 bits per heavy atom. The molecule has 2 aromatic carbocycles. The van der Waals surface area contributed by atoms with E-state index in [4.69, 9.17) is 4.84 Å². The van der Waals surface area contributed by atoms with Gasteiger partial charge in [-0.2, -0.15) is 4.31 Å². The first-order valence-electron chi connectivity index (χ1n) is 9.48. The van der Waals surface area contributed by atoms with Gasteiger partial charge in [0, 0.05) is 13.1 Å². The summed E-state index contributed by atoms with van der Waals surface area (Å²) in [5, 5.41) is 8.10. The number of fused-ring (bicyclic) bond motifs is 1. The summed E-state index contributed by atoms with van der Waals surface area (Å²) in [4.78, 5) is 7.34. The van der Waals surface area contributed by atoms with Crippen LogP contribution >= 0.6 is 0 Å². The Bertz CT molecular complexity index is 1090. The third-order valence-corrected chi connectivity index (χ3v) is 7.11. The molecule has 0 radical (unpaired) electrons. The van der Waals surface area contributed by atoms with Crippen LogP contribution in [0.15, 0.2) is 47.4 Å². The number of rotatable bonds is 5. The summed E-state index contributed by atoms with van der Waals surface area (Å²) >= 11 is 0. The maximum atomic E-state index is 13.1. The second-order valence-electron chi connectivity index (χ2n) is 7.42. The second-order valence-corrected chi connectivity index (χ2v) is 9.36. The summed E-state index contributed by atoms with van der Waals surface area (Å²) in [6.07, 6.45) is 1.95. The summed E-state index contributed by atoms with van der Waals surface area (Å²) in [6, 6.07) is 12.8. The first-order chi connectivity index (χ1) is 13.4. The highest BCUT2D eigenvalue weighted by Crippen LogP contribution is 2.25. The van der Waals surface area contributed by atoms with E-state index in [0.717, 1.165) is 24.0 Å². The predicted molar refractivity (Wildman–Crippen MR) is 106 cm³/mol. The maximum Gasteiger partial charge on any atom is 0.243 e. The van der Waals surface area contributed by atoms with Gasteiger partial charge in [0.05, 0.1) is 4.90 Å². The molecule has 0 amide bonds. The number of hydrogen-bond acceptors (Lipinski definition) is 5. The first-order valence-corrected chi connectivity index (χ1v) is 10.9. The molecule has 1 aliphatic heterocycles. The number of hydrogen-bond donors (Lipinski definition) is 0. The van der Waals surface area contributed by atoms with E-state index in [1.54, 1.807) is 22.5 Å². The van der Waals surface area contributed by atoms with Crippen molar-refractivity contribution in [2.45, 2.75) is 38.2 Å². The lowest BCUT2D eigenvalue weighted by Gasteiger charge is -2.30. The molecule has 8 heteroatoms. The Labute approximate surface area is 164 Å². The van der Waals surface area contributed by atoms with Crippen molar-refractivity contribution in [3.05, 3.63) is 53.6 Å². The number of benzene rings is 2. The highest BCUT2D eigenvalue weighted by Gasteiger charge is 2.29. The number of aryl methyl sites for hydroxylation is 1. The standard InChI is InChI=1S/C20H24N4O3S/c1-15-6-5-11-23(13-15)28(25,26)18-9-10-19-20(12-18)24(22-21-19)27-14-17-8-4-3-7-16(17)2/h3-4,7-10,12,15H,5-6,11,13-14H2,1-2H3/t15-/m1/s1. The van der Waals surface area contributed by atoms with Crippen molar-refractivity contribution in [2.75, 3.05) is 13.1 Å². The second kappa shape index (κ2) is 7.52. The zero-order valence-corrected chi connectivity index (χ0v) is 16.9. The molecule has 0 unspecified atom stereocenters. The van der Waals surface area contributed by atoms with Gasteiger partial charge < -0.3 is 4.84 Å². The smallest absolute Gasteiger partial charge is 0.243 e. The van der Waals surface area contributed by atoms with Crippen molar-refractivity contribution in [1.29, 1.82) is 0 Å². The molecule has 0 spiro atoms. The van der Waals surface area contributed by atoms with E-state index < -0.39 is 10.0 Å². The van der Waals surface area contributed by atoms with E-state index >= 15 is 0 Å². The van der Waals surface area contributed by atoms with Gasteiger partial charge in [0.25, 0.3) is 0 Å². The zero-order chi connectivity index (χ0) is 19.7. The Kier molecular flexibility index (Phi) is 5.07. The lowest BCUT2D eigenvalue weighted by molar-refractivity contribution is 0.0748. The van der Waals surface area contributed by atoms with Crippen molar-refractivity contribution in [3.63, 3.8) is 0 Å². The Morgan fingerprint density at radius 2 is 2.04 bits per heavy atom. The number of nitrogens with zero attached hydrogens (tertiary/aromatic N) is 4. The van der Waals surface area contributed by atoms with Gasteiger partial charge in [0.1, 0.15) is 17.6 Å². The van der Waals surface area contributed by atoms with Gasteiger partial charge in [-0.05, 0) is 60.2 Å². The molecule has 1 fully saturated rings. The highest BCUT2D eigenvalue weighted by molar-refractivity contribution is 7.89. The SMILES string of the molecule is Cc1ccccc1COn1nnc2ccc(S(=O)(=O)N3CCC[C@@H](C)C3)cc21. The predicted octanol–water partition coefficient (Wildman–Crippen LogP) is 2.79. The molecule has 0 saturated carbocycles. The molecule has 0 N–H and O–H groups in total. The van der Waals surface area contributed by atoms with E-state index in [1.807, 2.05) is 31.2 Å². The largest absolute Gasteiger partial charge is 0.390 e. The average Bonchev–Trinajstić information content (AvgIpc) is 3.10. The van der Waals surface area contributed by atoms with Crippen LogP contribution in [0.4, 0.5) is 0 Å². The van der Waals surface area contributed by atoms with Crippen molar-refractivity contribution in [3.8, 4) is 0 Å². The molecule has 1 aliphatic rings. The summed E-state index contributed by atoms with van der Waals surface area (Å²) in [5.41, 5.74) is 3.29. The van der Waals surface area contributed by atoms with Crippen LogP contribution in [0.2, 0.25) is 0 Å². The Balaban J connectivity index is 1.62. The molecule has 1 atom stereocenters. The Hall–Kier alpha value is -2.45. The van der Waals surface area contributed by atoms with Gasteiger partial charge in [0.15, 0.2) is 0 Å². The van der Waals surface area contributed by atoms with Crippen LogP contribution in [0.1, 0.15) is 30.9 Å². The van der Waals surface area contributed by atoms with Crippen molar-refractivity contribution >= 4 is 21.1 Å². The van der Waals surface area contributed by atoms with E-state index in [2.05, 4.69) is 17.2 Å². The average molecular weight is 401 g/mol. The molecule has 3 aromatic rings. The van der Waals surface area contributed by atoms with E-state index in [9.17, 15) is 8.42 Å². The molecule has 4 rings (SSSR count). The third kappa shape index (κ3) is 3.62. The normalized spacial score (nSPS) is 18.4. The first kappa shape index (κ1) is 18.9. The lowest BCUT2D eigenvalue weighted by atomic mass is 10.0. The molecule has 0 aliphatic carbocycles. The van der Waals surface area contributed by atoms with E-state index in [-0.39, 0.29) is 4.90 Å². The van der Waals surface area contributed by atoms with Gasteiger partial charge in [-0.15, -0.1) is 5.10 Å². The Morgan fingerprint density at radius 1 is 1.21 bits per heavy atom. The monoisotopic (exact) mass is 400 g/mol. The fraction of sp³-hybridized carbons (Fsp3) is 0.400. The van der Waals surface area contributed by atoms with Gasteiger partial charge in [-0.25, -0.2) is 8.42 Å². The highest BCUT2D eigenvalue weighted by atomic mass is 32.2. The van der Waals surface area contributed by atoms with E-state index in [0.29, 0.717) is 36.6 Å². The van der Waals surface area contributed by atoms with Crippen LogP contribution in [0.3, 0.4) is 0 Å². The lowest BCUT2D eigenvalue weighted by Crippen LogP contribution is -2.39. The fourth-order valence-corrected chi connectivity index (χ4v) is 5.17. The third-order valence-electron chi connectivity index (χ3n) is 5.25. The number of piperidine rings is 1. The van der Waals surface area contributed by atoms with Crippen molar-refractivity contribution in [2.24, 2.45) is 5.92 Å². The molecule has 1 saturated heterocycles. The molecule has 7 nitrogen and oxygen atoms in total. The molecule has 148 valence electrons. The van der Waals surface area contributed by atoms with Gasteiger partial charge in [0.2, 0.25) is 10.0 Å². The zero-order valence-electron chi connectivity index (χ0n) is 16.1. The van der Waals surface area contributed by atoms with Crippen LogP contribution in [0.25, 0.3) is 11.0 Å². The minimum absolute atomic E-state index is 0.247. The summed E-state index contributed by atoms with van der Waals surface area (Å²) in [6.45, 7) is 5.55. The van der Waals surface area contributed by atoms with Crippen LogP contribution in [-0.4, -0.2) is 41.0 Å². The molecule has 28 heavy (non-hydrogen) atoms. The minimum Gasteiger partial charge on any atom is -0.390 e. The topological polar surface area (TPSA) is 77.3 Å². The molecule has 2 heterocycles. The van der Waals surface area contributed by atoms with Gasteiger partial charge in [-0.1, -0.05) is 36.0 Å². The molecular weight excluding hydrogens is 376 g/mol. The summed E-state index contributed by atoms with van der Waals surface area (Å²) in [7, 11) is -3.55. The molecule has 0 bridgehead atoms. The number of aromatic nitrogens is 3. The van der Waals surface area contributed by atoms with E-state index in [1.165, 1.54) is 4.85 Å². The summed E-state index contributed by atoms with van der Waals surface area (Å²) < 4.78 is 27.7. The quantitative estimate of drug-likeness (QED) is 0.658. The van der Waals surface area contributed by atoms with Crippen LogP contribution in [0, 0.1) is 12.8 Å². The molecular formula is C20H24N4O3S.